The second-order valence-electron chi connectivity index (χ2n) is 7.80. The van der Waals surface area contributed by atoms with Crippen molar-refractivity contribution in [2.24, 2.45) is 5.41 Å². The number of carbonyl (C=O) groups is 1. The van der Waals surface area contributed by atoms with Gasteiger partial charge >= 0.3 is 0 Å². The van der Waals surface area contributed by atoms with Gasteiger partial charge in [0.1, 0.15) is 11.5 Å². The van der Waals surface area contributed by atoms with Crippen LogP contribution in [0.3, 0.4) is 0 Å². The van der Waals surface area contributed by atoms with Crippen molar-refractivity contribution < 1.29 is 9.21 Å². The van der Waals surface area contributed by atoms with Crippen LogP contribution in [-0.2, 0) is 17.6 Å². The Labute approximate surface area is 146 Å². The van der Waals surface area contributed by atoms with Crippen LogP contribution in [0.5, 0.6) is 0 Å². The molecule has 4 rings (SSSR count). The van der Waals surface area contributed by atoms with Crippen LogP contribution in [0.1, 0.15) is 49.1 Å². The Kier molecular flexibility index (Phi) is 3.67. The third kappa shape index (κ3) is 3.06. The molecule has 1 aliphatic rings. The smallest absolute Gasteiger partial charge is 0.226 e. The van der Waals surface area contributed by atoms with Gasteiger partial charge in [0.2, 0.25) is 5.91 Å². The summed E-state index contributed by atoms with van der Waals surface area (Å²) >= 11 is 0. The SMILES string of the molecule is Cc1cc2c(o1)CC(C)(C)CC2NC(=O)Cc1[nH]nc2ccccc12. The van der Waals surface area contributed by atoms with Gasteiger partial charge in [-0.3, -0.25) is 9.89 Å². The summed E-state index contributed by atoms with van der Waals surface area (Å²) < 4.78 is 5.85. The Balaban J connectivity index is 1.54. The lowest BCUT2D eigenvalue weighted by Crippen LogP contribution is -2.36. The maximum Gasteiger partial charge on any atom is 0.226 e. The highest BCUT2D eigenvalue weighted by Crippen LogP contribution is 2.42. The minimum Gasteiger partial charge on any atom is -0.466 e. The van der Waals surface area contributed by atoms with Gasteiger partial charge in [-0.25, -0.2) is 0 Å². The van der Waals surface area contributed by atoms with Crippen LogP contribution >= 0.6 is 0 Å². The molecule has 25 heavy (non-hydrogen) atoms. The first-order valence-electron chi connectivity index (χ1n) is 8.72. The highest BCUT2D eigenvalue weighted by molar-refractivity contribution is 5.87. The van der Waals surface area contributed by atoms with E-state index in [1.54, 1.807) is 0 Å². The second kappa shape index (κ2) is 5.76. The molecule has 1 amide bonds. The number of rotatable bonds is 3. The van der Waals surface area contributed by atoms with Crippen LogP contribution in [0.25, 0.3) is 10.9 Å². The largest absolute Gasteiger partial charge is 0.466 e. The molecule has 5 heteroatoms. The number of aromatic nitrogens is 2. The molecule has 0 radical (unpaired) electrons. The Morgan fingerprint density at radius 3 is 3.04 bits per heavy atom. The molecule has 1 aliphatic carbocycles. The van der Waals surface area contributed by atoms with Crippen molar-refractivity contribution >= 4 is 16.8 Å². The highest BCUT2D eigenvalue weighted by atomic mass is 16.3. The summed E-state index contributed by atoms with van der Waals surface area (Å²) in [6, 6.07) is 9.89. The van der Waals surface area contributed by atoms with Crippen LogP contribution in [0, 0.1) is 12.3 Å². The number of hydrogen-bond acceptors (Lipinski definition) is 3. The molecule has 5 nitrogen and oxygen atoms in total. The zero-order valence-electron chi connectivity index (χ0n) is 14.8. The topological polar surface area (TPSA) is 70.9 Å². The van der Waals surface area contributed by atoms with Crippen LogP contribution in [0.2, 0.25) is 0 Å². The molecule has 2 heterocycles. The van der Waals surface area contributed by atoms with E-state index in [9.17, 15) is 4.79 Å². The number of hydrogen-bond donors (Lipinski definition) is 2. The maximum atomic E-state index is 12.7. The molecule has 1 atom stereocenters. The molecule has 0 spiro atoms. The first-order valence-corrected chi connectivity index (χ1v) is 8.72. The van der Waals surface area contributed by atoms with Gasteiger partial charge in [0.05, 0.1) is 23.7 Å². The quantitative estimate of drug-likeness (QED) is 0.763. The first-order chi connectivity index (χ1) is 11.9. The fourth-order valence-electron chi connectivity index (χ4n) is 3.87. The summed E-state index contributed by atoms with van der Waals surface area (Å²) in [5, 5.41) is 11.5. The number of aryl methyl sites for hydroxylation is 1. The average molecular weight is 337 g/mol. The molecule has 2 N–H and O–H groups in total. The summed E-state index contributed by atoms with van der Waals surface area (Å²) in [4.78, 5) is 12.7. The Morgan fingerprint density at radius 1 is 1.40 bits per heavy atom. The number of carbonyl (C=O) groups excluding carboxylic acids is 1. The Bertz CT molecular complexity index is 935. The maximum absolute atomic E-state index is 12.7. The number of amides is 1. The van der Waals surface area contributed by atoms with Crippen LogP contribution in [-0.4, -0.2) is 16.1 Å². The molecule has 0 aliphatic heterocycles. The molecule has 0 fully saturated rings. The highest BCUT2D eigenvalue weighted by Gasteiger charge is 2.35. The van der Waals surface area contributed by atoms with E-state index in [1.165, 1.54) is 0 Å². The minimum atomic E-state index is -0.00196. The molecule has 1 aromatic carbocycles. The number of furan rings is 1. The fraction of sp³-hybridized carbons (Fsp3) is 0.400. The summed E-state index contributed by atoms with van der Waals surface area (Å²) in [5.74, 6) is 1.91. The molecule has 0 bridgehead atoms. The molecule has 1 unspecified atom stereocenters. The van der Waals surface area contributed by atoms with E-state index >= 15 is 0 Å². The summed E-state index contributed by atoms with van der Waals surface area (Å²) in [6.07, 6.45) is 2.12. The molecule has 0 saturated heterocycles. The van der Waals surface area contributed by atoms with E-state index in [1.807, 2.05) is 31.2 Å². The number of nitrogens with one attached hydrogen (secondary N) is 2. The lowest BCUT2D eigenvalue weighted by molar-refractivity contribution is -0.121. The summed E-state index contributed by atoms with van der Waals surface area (Å²) in [5.41, 5.74) is 2.97. The van der Waals surface area contributed by atoms with Crippen molar-refractivity contribution in [3.8, 4) is 0 Å². The summed E-state index contributed by atoms with van der Waals surface area (Å²) in [7, 11) is 0. The normalized spacial score (nSPS) is 18.9. The molecular formula is C20H23N3O2. The van der Waals surface area contributed by atoms with Crippen molar-refractivity contribution in [2.45, 2.75) is 46.1 Å². The number of nitrogens with zero attached hydrogens (tertiary/aromatic N) is 1. The van der Waals surface area contributed by atoms with E-state index in [2.05, 4.69) is 35.4 Å². The third-order valence-electron chi connectivity index (χ3n) is 4.95. The number of benzene rings is 1. The summed E-state index contributed by atoms with van der Waals surface area (Å²) in [6.45, 7) is 6.39. The Morgan fingerprint density at radius 2 is 2.20 bits per heavy atom. The van der Waals surface area contributed by atoms with Gasteiger partial charge in [0.15, 0.2) is 0 Å². The van der Waals surface area contributed by atoms with E-state index in [0.717, 1.165) is 46.5 Å². The van der Waals surface area contributed by atoms with Crippen molar-refractivity contribution in [2.75, 3.05) is 0 Å². The van der Waals surface area contributed by atoms with Crippen molar-refractivity contribution in [3.63, 3.8) is 0 Å². The van der Waals surface area contributed by atoms with Crippen LogP contribution in [0.15, 0.2) is 34.7 Å². The van der Waals surface area contributed by atoms with Gasteiger partial charge in [0.25, 0.3) is 0 Å². The van der Waals surface area contributed by atoms with Crippen molar-refractivity contribution in [1.82, 2.24) is 15.5 Å². The van der Waals surface area contributed by atoms with E-state index in [0.29, 0.717) is 6.42 Å². The minimum absolute atomic E-state index is 0.00176. The van der Waals surface area contributed by atoms with E-state index in [4.69, 9.17) is 4.42 Å². The number of fused-ring (bicyclic) bond motifs is 2. The zero-order chi connectivity index (χ0) is 17.6. The van der Waals surface area contributed by atoms with Gasteiger partial charge in [-0.05, 0) is 30.9 Å². The standard InChI is InChI=1S/C20H23N3O2/c1-12-8-14-17(10-20(2,3)11-18(14)25-12)21-19(24)9-16-13-6-4-5-7-15(13)22-23-16/h4-8,17H,9-11H2,1-3H3,(H,21,24)(H,22,23). The van der Waals surface area contributed by atoms with E-state index in [-0.39, 0.29) is 17.4 Å². The number of para-hydroxylation sites is 1. The third-order valence-corrected chi connectivity index (χ3v) is 4.95. The van der Waals surface area contributed by atoms with Crippen LogP contribution in [0.4, 0.5) is 0 Å². The molecule has 0 saturated carbocycles. The molecule has 130 valence electrons. The first kappa shape index (κ1) is 15.9. The number of aromatic amines is 1. The Hall–Kier alpha value is -2.56. The monoisotopic (exact) mass is 337 g/mol. The molecular weight excluding hydrogens is 314 g/mol. The van der Waals surface area contributed by atoms with Crippen molar-refractivity contribution in [3.05, 3.63) is 53.1 Å². The average Bonchev–Trinajstić information content (AvgIpc) is 3.10. The van der Waals surface area contributed by atoms with Gasteiger partial charge < -0.3 is 9.73 Å². The van der Waals surface area contributed by atoms with Gasteiger partial charge in [0, 0.05) is 17.4 Å². The fourth-order valence-corrected chi connectivity index (χ4v) is 3.87. The predicted molar refractivity (Wildman–Crippen MR) is 96.2 cm³/mol. The van der Waals surface area contributed by atoms with Gasteiger partial charge in [-0.15, -0.1) is 0 Å². The second-order valence-corrected chi connectivity index (χ2v) is 7.80. The zero-order valence-corrected chi connectivity index (χ0v) is 14.8. The molecule has 2 aromatic heterocycles. The molecule has 3 aromatic rings. The lowest BCUT2D eigenvalue weighted by Gasteiger charge is -2.34. The predicted octanol–water partition coefficient (Wildman–Crippen LogP) is 3.84. The number of H-pyrrole nitrogens is 1. The van der Waals surface area contributed by atoms with Gasteiger partial charge in [-0.2, -0.15) is 5.10 Å². The van der Waals surface area contributed by atoms with E-state index < -0.39 is 0 Å². The van der Waals surface area contributed by atoms with Crippen LogP contribution < -0.4 is 5.32 Å². The van der Waals surface area contributed by atoms with Crippen molar-refractivity contribution in [1.29, 1.82) is 0 Å². The van der Waals surface area contributed by atoms with Gasteiger partial charge in [-0.1, -0.05) is 32.0 Å². The lowest BCUT2D eigenvalue weighted by atomic mass is 9.74.